The smallest absolute Gasteiger partial charge is 0.225 e. The Balaban J connectivity index is 1.37. The number of hydrogen-bond donors (Lipinski definition) is 2. The lowest BCUT2D eigenvalue weighted by molar-refractivity contribution is -0.116. The van der Waals surface area contributed by atoms with Crippen molar-refractivity contribution in [2.24, 2.45) is 0 Å². The predicted molar refractivity (Wildman–Crippen MR) is 111 cm³/mol. The molecule has 0 aliphatic rings. The Hall–Kier alpha value is -2.89. The number of carbonyl (C=O) groups excluding carboxylic acids is 1. The van der Waals surface area contributed by atoms with Gasteiger partial charge in [0.2, 0.25) is 5.91 Å². The van der Waals surface area contributed by atoms with Crippen molar-refractivity contribution in [3.63, 3.8) is 0 Å². The van der Waals surface area contributed by atoms with E-state index in [1.807, 2.05) is 66.9 Å². The van der Waals surface area contributed by atoms with Gasteiger partial charge in [0.05, 0.1) is 0 Å². The first-order valence-corrected chi connectivity index (χ1v) is 9.43. The fraction of sp³-hybridized carbons (Fsp3) is 0.182. The van der Waals surface area contributed by atoms with E-state index in [9.17, 15) is 4.79 Å². The number of anilines is 1. The van der Waals surface area contributed by atoms with Crippen molar-refractivity contribution in [1.29, 1.82) is 0 Å². The largest absolute Gasteiger partial charge is 0.489 e. The van der Waals surface area contributed by atoms with Crippen LogP contribution in [0, 0.1) is 0 Å². The summed E-state index contributed by atoms with van der Waals surface area (Å²) in [5.74, 6) is 0.708. The highest BCUT2D eigenvalue weighted by Crippen LogP contribution is 2.18. The van der Waals surface area contributed by atoms with Gasteiger partial charge in [-0.05, 0) is 53.6 Å². The zero-order valence-corrected chi connectivity index (χ0v) is 16.2. The van der Waals surface area contributed by atoms with Crippen LogP contribution in [0.5, 0.6) is 5.75 Å². The number of carbonyl (C=O) groups is 1. The van der Waals surface area contributed by atoms with Gasteiger partial charge in [-0.1, -0.05) is 29.8 Å². The summed E-state index contributed by atoms with van der Waals surface area (Å²) < 4.78 is 5.74. The molecular formula is C22H22ClN3O2. The standard InChI is InChI=1S/C22H22ClN3O2/c23-19-5-3-17(4-6-19)16-28-21-9-7-20(8-10-21)26-22(27)11-13-25-15-18-2-1-12-24-14-18/h1-10,12,14,25H,11,13,15-16H2,(H,26,27). The van der Waals surface area contributed by atoms with Crippen LogP contribution < -0.4 is 15.4 Å². The number of rotatable bonds is 9. The average molecular weight is 396 g/mol. The van der Waals surface area contributed by atoms with Crippen LogP contribution in [-0.4, -0.2) is 17.4 Å². The molecule has 0 saturated heterocycles. The van der Waals surface area contributed by atoms with Crippen LogP contribution in [0.15, 0.2) is 73.1 Å². The zero-order chi connectivity index (χ0) is 19.6. The maximum Gasteiger partial charge on any atom is 0.225 e. The number of halogens is 1. The number of amides is 1. The summed E-state index contributed by atoms with van der Waals surface area (Å²) in [5.41, 5.74) is 2.88. The summed E-state index contributed by atoms with van der Waals surface area (Å²) >= 11 is 5.87. The van der Waals surface area contributed by atoms with Crippen LogP contribution in [0.2, 0.25) is 5.02 Å². The van der Waals surface area contributed by atoms with Crippen molar-refractivity contribution in [3.8, 4) is 5.75 Å². The van der Waals surface area contributed by atoms with E-state index in [1.165, 1.54) is 0 Å². The molecule has 0 bridgehead atoms. The summed E-state index contributed by atoms with van der Waals surface area (Å²) in [6.45, 7) is 1.76. The molecule has 0 aliphatic carbocycles. The average Bonchev–Trinajstić information content (AvgIpc) is 2.73. The molecule has 1 amide bonds. The molecule has 2 aromatic carbocycles. The Kier molecular flexibility index (Phi) is 7.41. The topological polar surface area (TPSA) is 63.2 Å². The number of aromatic nitrogens is 1. The van der Waals surface area contributed by atoms with Gasteiger partial charge in [0.15, 0.2) is 0 Å². The maximum absolute atomic E-state index is 12.0. The van der Waals surface area contributed by atoms with Crippen molar-refractivity contribution in [2.45, 2.75) is 19.6 Å². The third-order valence-electron chi connectivity index (χ3n) is 4.04. The van der Waals surface area contributed by atoms with Crippen LogP contribution in [0.25, 0.3) is 0 Å². The minimum atomic E-state index is -0.0338. The second-order valence-electron chi connectivity index (χ2n) is 6.28. The molecule has 0 saturated carbocycles. The molecule has 2 N–H and O–H groups in total. The van der Waals surface area contributed by atoms with Crippen LogP contribution in [-0.2, 0) is 17.9 Å². The first-order valence-electron chi connectivity index (χ1n) is 9.06. The minimum absolute atomic E-state index is 0.0338. The van der Waals surface area contributed by atoms with Gasteiger partial charge >= 0.3 is 0 Å². The molecule has 28 heavy (non-hydrogen) atoms. The lowest BCUT2D eigenvalue weighted by Gasteiger charge is -2.09. The molecule has 1 heterocycles. The molecule has 144 valence electrons. The summed E-state index contributed by atoms with van der Waals surface area (Å²) in [6.07, 6.45) is 3.95. The Morgan fingerprint density at radius 1 is 1.00 bits per heavy atom. The molecule has 0 unspecified atom stereocenters. The highest BCUT2D eigenvalue weighted by atomic mass is 35.5. The number of ether oxygens (including phenoxy) is 1. The number of nitrogens with one attached hydrogen (secondary N) is 2. The number of nitrogens with zero attached hydrogens (tertiary/aromatic N) is 1. The normalized spacial score (nSPS) is 10.5. The molecular weight excluding hydrogens is 374 g/mol. The van der Waals surface area contributed by atoms with E-state index in [-0.39, 0.29) is 5.91 Å². The molecule has 3 rings (SSSR count). The Bertz CT molecular complexity index is 869. The van der Waals surface area contributed by atoms with E-state index in [2.05, 4.69) is 15.6 Å². The second kappa shape index (κ2) is 10.4. The Morgan fingerprint density at radius 2 is 1.79 bits per heavy atom. The molecule has 0 atom stereocenters. The number of benzene rings is 2. The second-order valence-corrected chi connectivity index (χ2v) is 6.71. The van der Waals surface area contributed by atoms with Gasteiger partial charge in [-0.25, -0.2) is 0 Å². The fourth-order valence-corrected chi connectivity index (χ4v) is 2.67. The molecule has 1 aromatic heterocycles. The van der Waals surface area contributed by atoms with Gasteiger partial charge in [0, 0.05) is 42.6 Å². The third-order valence-corrected chi connectivity index (χ3v) is 4.29. The first kappa shape index (κ1) is 19.9. The maximum atomic E-state index is 12.0. The number of pyridine rings is 1. The van der Waals surface area contributed by atoms with Gasteiger partial charge in [-0.3, -0.25) is 9.78 Å². The predicted octanol–water partition coefficient (Wildman–Crippen LogP) is 4.43. The van der Waals surface area contributed by atoms with E-state index >= 15 is 0 Å². The van der Waals surface area contributed by atoms with Crippen LogP contribution in [0.1, 0.15) is 17.5 Å². The van der Waals surface area contributed by atoms with E-state index in [0.29, 0.717) is 31.1 Å². The quantitative estimate of drug-likeness (QED) is 0.526. The van der Waals surface area contributed by atoms with Crippen LogP contribution in [0.4, 0.5) is 5.69 Å². The van der Waals surface area contributed by atoms with Gasteiger partial charge in [0.25, 0.3) is 0 Å². The van der Waals surface area contributed by atoms with Gasteiger partial charge in [0.1, 0.15) is 12.4 Å². The molecule has 3 aromatic rings. The minimum Gasteiger partial charge on any atom is -0.489 e. The molecule has 0 aliphatic heterocycles. The van der Waals surface area contributed by atoms with Crippen molar-refractivity contribution in [2.75, 3.05) is 11.9 Å². The lowest BCUT2D eigenvalue weighted by Crippen LogP contribution is -2.21. The summed E-state index contributed by atoms with van der Waals surface area (Å²) in [6, 6.07) is 18.8. The fourth-order valence-electron chi connectivity index (χ4n) is 2.54. The van der Waals surface area contributed by atoms with Crippen LogP contribution >= 0.6 is 11.6 Å². The van der Waals surface area contributed by atoms with Crippen molar-refractivity contribution < 1.29 is 9.53 Å². The SMILES string of the molecule is O=C(CCNCc1cccnc1)Nc1ccc(OCc2ccc(Cl)cc2)cc1. The van der Waals surface area contributed by atoms with E-state index in [0.717, 1.165) is 22.6 Å². The highest BCUT2D eigenvalue weighted by Gasteiger charge is 2.03. The van der Waals surface area contributed by atoms with Crippen molar-refractivity contribution in [3.05, 3.63) is 89.2 Å². The van der Waals surface area contributed by atoms with Gasteiger partial charge in [-0.2, -0.15) is 0 Å². The molecule has 5 nitrogen and oxygen atoms in total. The number of hydrogen-bond acceptors (Lipinski definition) is 4. The lowest BCUT2D eigenvalue weighted by atomic mass is 10.2. The Morgan fingerprint density at radius 3 is 2.50 bits per heavy atom. The molecule has 0 fully saturated rings. The molecule has 0 radical (unpaired) electrons. The summed E-state index contributed by atoms with van der Waals surface area (Å²) in [7, 11) is 0. The third kappa shape index (κ3) is 6.68. The van der Waals surface area contributed by atoms with Crippen molar-refractivity contribution >= 4 is 23.2 Å². The summed E-state index contributed by atoms with van der Waals surface area (Å²) in [4.78, 5) is 16.1. The van der Waals surface area contributed by atoms with E-state index < -0.39 is 0 Å². The molecule has 6 heteroatoms. The van der Waals surface area contributed by atoms with Gasteiger partial charge in [-0.15, -0.1) is 0 Å². The molecule has 0 spiro atoms. The van der Waals surface area contributed by atoms with Crippen LogP contribution in [0.3, 0.4) is 0 Å². The van der Waals surface area contributed by atoms with E-state index in [4.69, 9.17) is 16.3 Å². The van der Waals surface area contributed by atoms with Gasteiger partial charge < -0.3 is 15.4 Å². The first-order chi connectivity index (χ1) is 13.7. The Labute approximate surface area is 169 Å². The highest BCUT2D eigenvalue weighted by molar-refractivity contribution is 6.30. The summed E-state index contributed by atoms with van der Waals surface area (Å²) in [5, 5.41) is 6.83. The zero-order valence-electron chi connectivity index (χ0n) is 15.4. The monoisotopic (exact) mass is 395 g/mol. The van der Waals surface area contributed by atoms with E-state index in [1.54, 1.807) is 6.20 Å². The van der Waals surface area contributed by atoms with Crippen molar-refractivity contribution in [1.82, 2.24) is 10.3 Å².